The van der Waals surface area contributed by atoms with E-state index in [4.69, 9.17) is 9.26 Å². The van der Waals surface area contributed by atoms with Crippen LogP contribution in [0, 0.1) is 5.92 Å². The number of benzene rings is 2. The van der Waals surface area contributed by atoms with Gasteiger partial charge in [0.25, 0.3) is 0 Å². The number of rotatable bonds is 10. The van der Waals surface area contributed by atoms with Crippen molar-refractivity contribution in [2.75, 3.05) is 12.4 Å². The standard InChI is InChI=1S/C24H28N4O4/c1-16(2)24(30)26-19-7-4-6-17(14-19)15-25-21(29)8-5-9-22-27-23(28-32-22)18-10-12-20(31-3)13-11-18/h4,6-7,10-14,16H,5,8-9,15H2,1-3H3,(H,25,29)(H,26,30). The molecule has 2 N–H and O–H groups in total. The second kappa shape index (κ2) is 11.1. The minimum absolute atomic E-state index is 0.0395. The van der Waals surface area contributed by atoms with E-state index in [1.807, 2.05) is 62.4 Å². The Hall–Kier alpha value is -3.68. The van der Waals surface area contributed by atoms with Gasteiger partial charge in [0.1, 0.15) is 5.75 Å². The van der Waals surface area contributed by atoms with E-state index < -0.39 is 0 Å². The zero-order valence-corrected chi connectivity index (χ0v) is 18.6. The molecule has 168 valence electrons. The van der Waals surface area contributed by atoms with Gasteiger partial charge in [-0.2, -0.15) is 4.98 Å². The van der Waals surface area contributed by atoms with Crippen molar-refractivity contribution >= 4 is 17.5 Å². The van der Waals surface area contributed by atoms with Gasteiger partial charge < -0.3 is 19.9 Å². The Morgan fingerprint density at radius 3 is 2.62 bits per heavy atom. The topological polar surface area (TPSA) is 106 Å². The van der Waals surface area contributed by atoms with Crippen LogP contribution in [0.1, 0.15) is 38.1 Å². The Kier molecular flexibility index (Phi) is 7.96. The summed E-state index contributed by atoms with van der Waals surface area (Å²) in [5.41, 5.74) is 2.48. The van der Waals surface area contributed by atoms with Crippen LogP contribution in [0.15, 0.2) is 53.1 Å². The number of methoxy groups -OCH3 is 1. The molecular weight excluding hydrogens is 408 g/mol. The lowest BCUT2D eigenvalue weighted by molar-refractivity contribution is -0.121. The Morgan fingerprint density at radius 2 is 1.91 bits per heavy atom. The molecule has 3 rings (SSSR count). The summed E-state index contributed by atoms with van der Waals surface area (Å²) in [6, 6.07) is 14.9. The minimum atomic E-state index is -0.0931. The van der Waals surface area contributed by atoms with E-state index in [2.05, 4.69) is 20.8 Å². The third kappa shape index (κ3) is 6.66. The van der Waals surface area contributed by atoms with Gasteiger partial charge in [-0.15, -0.1) is 0 Å². The molecule has 0 fully saturated rings. The largest absolute Gasteiger partial charge is 0.497 e. The molecule has 3 aromatic rings. The summed E-state index contributed by atoms with van der Waals surface area (Å²) in [5, 5.41) is 9.76. The summed E-state index contributed by atoms with van der Waals surface area (Å²) >= 11 is 0. The number of aryl methyl sites for hydroxylation is 1. The summed E-state index contributed by atoms with van der Waals surface area (Å²) in [4.78, 5) is 28.4. The maximum absolute atomic E-state index is 12.2. The Labute approximate surface area is 187 Å². The fourth-order valence-corrected chi connectivity index (χ4v) is 2.95. The van der Waals surface area contributed by atoms with Crippen LogP contribution in [-0.4, -0.2) is 29.1 Å². The van der Waals surface area contributed by atoms with Gasteiger partial charge in [-0.1, -0.05) is 31.1 Å². The van der Waals surface area contributed by atoms with Crippen LogP contribution in [0.4, 0.5) is 5.69 Å². The molecule has 0 unspecified atom stereocenters. The number of hydrogen-bond donors (Lipinski definition) is 2. The number of anilines is 1. The molecule has 0 aliphatic carbocycles. The Morgan fingerprint density at radius 1 is 1.12 bits per heavy atom. The quantitative estimate of drug-likeness (QED) is 0.498. The van der Waals surface area contributed by atoms with Crippen molar-refractivity contribution in [3.05, 3.63) is 60.0 Å². The molecule has 0 atom stereocenters. The number of carbonyl (C=O) groups is 2. The van der Waals surface area contributed by atoms with Gasteiger partial charge in [0.2, 0.25) is 23.5 Å². The molecule has 0 aliphatic heterocycles. The highest BCUT2D eigenvalue weighted by atomic mass is 16.5. The molecule has 2 amide bonds. The molecule has 1 heterocycles. The molecule has 8 heteroatoms. The Bertz CT molecular complexity index is 1040. The minimum Gasteiger partial charge on any atom is -0.497 e. The van der Waals surface area contributed by atoms with Crippen molar-refractivity contribution < 1.29 is 18.8 Å². The number of nitrogens with one attached hydrogen (secondary N) is 2. The van der Waals surface area contributed by atoms with Crippen molar-refractivity contribution in [2.24, 2.45) is 5.92 Å². The van der Waals surface area contributed by atoms with Crippen LogP contribution in [-0.2, 0) is 22.6 Å². The van der Waals surface area contributed by atoms with E-state index in [0.717, 1.165) is 22.6 Å². The number of nitrogens with zero attached hydrogens (tertiary/aromatic N) is 2. The smallest absolute Gasteiger partial charge is 0.226 e. The number of amides is 2. The number of ether oxygens (including phenoxy) is 1. The van der Waals surface area contributed by atoms with E-state index in [0.29, 0.717) is 37.5 Å². The van der Waals surface area contributed by atoms with Gasteiger partial charge in [-0.25, -0.2) is 0 Å². The molecular formula is C24H28N4O4. The van der Waals surface area contributed by atoms with Crippen molar-refractivity contribution in [3.63, 3.8) is 0 Å². The monoisotopic (exact) mass is 436 g/mol. The molecule has 32 heavy (non-hydrogen) atoms. The highest BCUT2D eigenvalue weighted by molar-refractivity contribution is 5.92. The van der Waals surface area contributed by atoms with Crippen LogP contribution < -0.4 is 15.4 Å². The first-order valence-electron chi connectivity index (χ1n) is 10.6. The average Bonchev–Trinajstić information content (AvgIpc) is 3.27. The average molecular weight is 437 g/mol. The zero-order chi connectivity index (χ0) is 22.9. The van der Waals surface area contributed by atoms with Crippen molar-refractivity contribution in [1.82, 2.24) is 15.5 Å². The molecule has 0 bridgehead atoms. The van der Waals surface area contributed by atoms with Crippen LogP contribution in [0.5, 0.6) is 5.75 Å². The molecule has 0 saturated heterocycles. The molecule has 1 aromatic heterocycles. The SMILES string of the molecule is COc1ccc(-c2noc(CCCC(=O)NCc3cccc(NC(=O)C(C)C)c3)n2)cc1. The molecule has 0 spiro atoms. The van der Waals surface area contributed by atoms with Gasteiger partial charge in [-0.05, 0) is 48.4 Å². The predicted octanol–water partition coefficient (Wildman–Crippen LogP) is 3.98. The first kappa shape index (κ1) is 23.0. The second-order valence-electron chi connectivity index (χ2n) is 7.71. The summed E-state index contributed by atoms with van der Waals surface area (Å²) in [7, 11) is 1.61. The van der Waals surface area contributed by atoms with E-state index in [9.17, 15) is 9.59 Å². The van der Waals surface area contributed by atoms with Crippen LogP contribution in [0.25, 0.3) is 11.4 Å². The first-order chi connectivity index (χ1) is 15.4. The van der Waals surface area contributed by atoms with E-state index in [1.54, 1.807) is 7.11 Å². The molecule has 8 nitrogen and oxygen atoms in total. The lowest BCUT2D eigenvalue weighted by Crippen LogP contribution is -2.23. The summed E-state index contributed by atoms with van der Waals surface area (Å²) < 4.78 is 10.4. The molecule has 0 aliphatic rings. The zero-order valence-electron chi connectivity index (χ0n) is 18.6. The number of hydrogen-bond acceptors (Lipinski definition) is 6. The fourth-order valence-electron chi connectivity index (χ4n) is 2.95. The van der Waals surface area contributed by atoms with Crippen molar-refractivity contribution in [2.45, 2.75) is 39.7 Å². The Balaban J connectivity index is 1.42. The maximum atomic E-state index is 12.2. The number of aromatic nitrogens is 2. The van der Waals surface area contributed by atoms with Gasteiger partial charge in [0.15, 0.2) is 0 Å². The van der Waals surface area contributed by atoms with Gasteiger partial charge in [-0.3, -0.25) is 9.59 Å². The highest BCUT2D eigenvalue weighted by Gasteiger charge is 2.11. The summed E-state index contributed by atoms with van der Waals surface area (Å²) in [6.45, 7) is 4.08. The normalized spacial score (nSPS) is 10.8. The first-order valence-corrected chi connectivity index (χ1v) is 10.6. The summed E-state index contributed by atoms with van der Waals surface area (Å²) in [5.74, 6) is 1.58. The molecule has 0 radical (unpaired) electrons. The van der Waals surface area contributed by atoms with Crippen LogP contribution in [0.3, 0.4) is 0 Å². The summed E-state index contributed by atoms with van der Waals surface area (Å²) in [6.07, 6.45) is 1.47. The maximum Gasteiger partial charge on any atom is 0.226 e. The molecule has 0 saturated carbocycles. The fraction of sp³-hybridized carbons (Fsp3) is 0.333. The van der Waals surface area contributed by atoms with Gasteiger partial charge in [0, 0.05) is 36.6 Å². The second-order valence-corrected chi connectivity index (χ2v) is 7.71. The van der Waals surface area contributed by atoms with Crippen molar-refractivity contribution in [1.29, 1.82) is 0 Å². The highest BCUT2D eigenvalue weighted by Crippen LogP contribution is 2.20. The van der Waals surface area contributed by atoms with E-state index in [1.165, 1.54) is 0 Å². The third-order valence-corrected chi connectivity index (χ3v) is 4.82. The molecule has 2 aromatic carbocycles. The lowest BCUT2D eigenvalue weighted by atomic mass is 10.1. The van der Waals surface area contributed by atoms with Gasteiger partial charge >= 0.3 is 0 Å². The number of carbonyl (C=O) groups excluding carboxylic acids is 2. The van der Waals surface area contributed by atoms with Gasteiger partial charge in [0.05, 0.1) is 7.11 Å². The van der Waals surface area contributed by atoms with Crippen molar-refractivity contribution in [3.8, 4) is 17.1 Å². The lowest BCUT2D eigenvalue weighted by Gasteiger charge is -2.10. The van der Waals surface area contributed by atoms with E-state index >= 15 is 0 Å². The van der Waals surface area contributed by atoms with E-state index in [-0.39, 0.29) is 17.7 Å². The van der Waals surface area contributed by atoms with Crippen LogP contribution in [0.2, 0.25) is 0 Å². The predicted molar refractivity (Wildman–Crippen MR) is 121 cm³/mol. The van der Waals surface area contributed by atoms with Crippen LogP contribution >= 0.6 is 0 Å². The third-order valence-electron chi connectivity index (χ3n) is 4.82.